The van der Waals surface area contributed by atoms with Crippen LogP contribution < -0.4 is 4.74 Å². The first-order valence-electron chi connectivity index (χ1n) is 10.00. The summed E-state index contributed by atoms with van der Waals surface area (Å²) in [5.41, 5.74) is -0.263. The molecule has 0 spiro atoms. The van der Waals surface area contributed by atoms with Crippen LogP contribution in [-0.4, -0.2) is 45.8 Å². The Morgan fingerprint density at radius 3 is 2.18 bits per heavy atom. The summed E-state index contributed by atoms with van der Waals surface area (Å²) < 4.78 is 6.65. The summed E-state index contributed by atoms with van der Waals surface area (Å²) >= 11 is 0. The van der Waals surface area contributed by atoms with Gasteiger partial charge in [0.25, 0.3) is 5.91 Å². The molecule has 0 aliphatic carbocycles. The first kappa shape index (κ1) is 23.5. The van der Waals surface area contributed by atoms with E-state index in [2.05, 4.69) is 5.18 Å². The first-order valence-corrected chi connectivity index (χ1v) is 10.00. The van der Waals surface area contributed by atoms with Crippen molar-refractivity contribution in [2.45, 2.75) is 32.7 Å². The Labute approximate surface area is 188 Å². The number of nitrogens with zero attached hydrogens (tertiary/aromatic N) is 2. The molecule has 170 valence electrons. The molecular formula is C24H22N2O7. The third kappa shape index (κ3) is 4.05. The monoisotopic (exact) mass is 450 g/mol. The van der Waals surface area contributed by atoms with Gasteiger partial charge in [0.15, 0.2) is 5.78 Å². The highest BCUT2D eigenvalue weighted by Crippen LogP contribution is 2.31. The van der Waals surface area contributed by atoms with Crippen LogP contribution in [0.2, 0.25) is 0 Å². The lowest BCUT2D eigenvalue weighted by molar-refractivity contribution is -0.136. The number of rotatable bonds is 8. The van der Waals surface area contributed by atoms with E-state index in [0.29, 0.717) is 27.9 Å². The van der Waals surface area contributed by atoms with Gasteiger partial charge in [-0.25, -0.2) is 0 Å². The molecule has 1 unspecified atom stereocenters. The number of Topliss-reactive ketones (excluding diaryl/α,β-unsaturated/α-hetero) is 2. The van der Waals surface area contributed by atoms with Crippen LogP contribution in [-0.2, 0) is 16.0 Å². The van der Waals surface area contributed by atoms with E-state index in [-0.39, 0.29) is 17.5 Å². The molecular weight excluding hydrogens is 428 g/mol. The number of hydrogen-bond donors (Lipinski definition) is 1. The van der Waals surface area contributed by atoms with Crippen molar-refractivity contribution in [1.29, 1.82) is 0 Å². The lowest BCUT2D eigenvalue weighted by Gasteiger charge is -2.16. The van der Waals surface area contributed by atoms with Gasteiger partial charge in [-0.3, -0.25) is 23.7 Å². The number of ketones is 2. The molecule has 1 aromatic heterocycles. The van der Waals surface area contributed by atoms with Crippen LogP contribution in [0.1, 0.15) is 45.8 Å². The number of fused-ring (bicyclic) bond motifs is 1. The number of aliphatic carboxylic acids is 1. The molecule has 0 amide bonds. The van der Waals surface area contributed by atoms with Crippen molar-refractivity contribution < 1.29 is 29.0 Å². The maximum atomic E-state index is 13.4. The van der Waals surface area contributed by atoms with Crippen LogP contribution in [0.5, 0.6) is 5.75 Å². The van der Waals surface area contributed by atoms with Crippen LogP contribution in [0, 0.1) is 11.8 Å². The van der Waals surface area contributed by atoms with Gasteiger partial charge < -0.3 is 9.84 Å². The minimum Gasteiger partial charge on any atom is -0.497 e. The van der Waals surface area contributed by atoms with E-state index in [1.807, 2.05) is 0 Å². The van der Waals surface area contributed by atoms with E-state index >= 15 is 0 Å². The van der Waals surface area contributed by atoms with E-state index < -0.39 is 29.0 Å². The lowest BCUT2D eigenvalue weighted by Crippen LogP contribution is -2.40. The number of methoxy groups -OCH3 is 1. The summed E-state index contributed by atoms with van der Waals surface area (Å²) in [6.45, 7) is 3.92. The van der Waals surface area contributed by atoms with E-state index in [1.165, 1.54) is 35.9 Å². The normalized spacial score (nSPS) is 12.7. The van der Waals surface area contributed by atoms with Gasteiger partial charge in [0.1, 0.15) is 5.75 Å². The third-order valence-corrected chi connectivity index (χ3v) is 5.78. The molecule has 9 nitrogen and oxygen atoms in total. The highest BCUT2D eigenvalue weighted by atomic mass is 16.5. The fraction of sp³-hybridized carbons (Fsp3) is 0.250. The second-order valence-electron chi connectivity index (χ2n) is 7.78. The zero-order valence-corrected chi connectivity index (χ0v) is 18.5. The number of carboxylic acid groups (broad SMARTS) is 1. The Morgan fingerprint density at radius 1 is 1.06 bits per heavy atom. The topological polar surface area (TPSA) is 132 Å². The number of hydrogen-bond acceptors (Lipinski definition) is 7. The lowest BCUT2D eigenvalue weighted by atomic mass is 9.88. The van der Waals surface area contributed by atoms with Crippen LogP contribution in [0.15, 0.2) is 47.6 Å². The summed E-state index contributed by atoms with van der Waals surface area (Å²) in [5.74, 6) is -2.38. The van der Waals surface area contributed by atoms with E-state index in [9.17, 15) is 29.2 Å². The smallest absolute Gasteiger partial charge is 0.307 e. The summed E-state index contributed by atoms with van der Waals surface area (Å²) in [6, 6.07) is 10.6. The van der Waals surface area contributed by atoms with Crippen molar-refractivity contribution in [2.24, 2.45) is 5.18 Å². The Morgan fingerprint density at radius 2 is 1.67 bits per heavy atom. The molecule has 9 heteroatoms. The van der Waals surface area contributed by atoms with Gasteiger partial charge in [-0.1, -0.05) is 12.1 Å². The molecule has 0 fully saturated rings. The van der Waals surface area contributed by atoms with E-state index in [1.54, 1.807) is 25.1 Å². The Kier molecular flexibility index (Phi) is 6.25. The van der Waals surface area contributed by atoms with Crippen molar-refractivity contribution in [3.8, 4) is 5.75 Å². The third-order valence-electron chi connectivity index (χ3n) is 5.78. The van der Waals surface area contributed by atoms with Crippen molar-refractivity contribution in [3.05, 3.63) is 69.8 Å². The Hall–Kier alpha value is -4.14. The number of nitroso groups, excluding NO2 is 1. The molecule has 0 bridgehead atoms. The van der Waals surface area contributed by atoms with Gasteiger partial charge in [-0.2, -0.15) is 0 Å². The number of benzene rings is 2. The van der Waals surface area contributed by atoms with Gasteiger partial charge >= 0.3 is 5.97 Å². The summed E-state index contributed by atoms with van der Waals surface area (Å²) in [6.07, 6.45) is -0.272. The number of carboxylic acids is 1. The molecule has 2 aromatic carbocycles. The molecule has 1 heterocycles. The van der Waals surface area contributed by atoms with Crippen molar-refractivity contribution in [1.82, 2.24) is 4.57 Å². The molecule has 0 aliphatic rings. The molecule has 0 saturated carbocycles. The minimum absolute atomic E-state index is 0.0641. The number of aromatic nitrogens is 1. The highest BCUT2D eigenvalue weighted by Gasteiger charge is 2.40. The maximum absolute atomic E-state index is 13.4. The fourth-order valence-electron chi connectivity index (χ4n) is 3.67. The standard InChI is InChI=1S/C24H22N2O7/c1-13-18(12-21(28)29)19-11-17(33-4)9-10-20(19)26(13)23(31)16-7-5-15(6-8-16)22(30)24(3,25-32)14(2)27/h5-11H,12H2,1-4H3,(H,28,29). The molecule has 3 rings (SSSR count). The minimum atomic E-state index is -2.04. The van der Waals surface area contributed by atoms with Crippen LogP contribution >= 0.6 is 0 Å². The van der Waals surface area contributed by atoms with E-state index in [0.717, 1.165) is 13.8 Å². The molecule has 3 aromatic rings. The van der Waals surface area contributed by atoms with Crippen LogP contribution in [0.25, 0.3) is 10.9 Å². The van der Waals surface area contributed by atoms with Gasteiger partial charge in [0, 0.05) is 22.2 Å². The quantitative estimate of drug-likeness (QED) is 0.315. The summed E-state index contributed by atoms with van der Waals surface area (Å²) in [7, 11) is 1.49. The second-order valence-corrected chi connectivity index (χ2v) is 7.78. The highest BCUT2D eigenvalue weighted by molar-refractivity contribution is 6.18. The van der Waals surface area contributed by atoms with Gasteiger partial charge in [-0.05, 0) is 61.8 Å². The van der Waals surface area contributed by atoms with Gasteiger partial charge in [-0.15, -0.1) is 4.91 Å². The first-order chi connectivity index (χ1) is 15.5. The van der Waals surface area contributed by atoms with Crippen LogP contribution in [0.4, 0.5) is 0 Å². The van der Waals surface area contributed by atoms with Gasteiger partial charge in [0.05, 0.1) is 19.0 Å². The SMILES string of the molecule is COc1ccc2c(c1)c(CC(=O)O)c(C)n2C(=O)c1ccc(C(=O)C(C)(N=O)C(C)=O)cc1. The Bertz CT molecular complexity index is 1300. The van der Waals surface area contributed by atoms with E-state index in [4.69, 9.17) is 4.74 Å². The summed E-state index contributed by atoms with van der Waals surface area (Å²) in [4.78, 5) is 60.2. The van der Waals surface area contributed by atoms with Crippen LogP contribution in [0.3, 0.4) is 0 Å². The molecule has 33 heavy (non-hydrogen) atoms. The molecule has 0 saturated heterocycles. The zero-order chi connectivity index (χ0) is 24.5. The predicted molar refractivity (Wildman–Crippen MR) is 120 cm³/mol. The average Bonchev–Trinajstić information content (AvgIpc) is 3.07. The molecule has 0 radical (unpaired) electrons. The maximum Gasteiger partial charge on any atom is 0.307 e. The van der Waals surface area contributed by atoms with Gasteiger partial charge in [0.2, 0.25) is 11.3 Å². The predicted octanol–water partition coefficient (Wildman–Crippen LogP) is 3.57. The molecule has 1 N–H and O–H groups in total. The Balaban J connectivity index is 2.07. The van der Waals surface area contributed by atoms with Crippen molar-refractivity contribution in [2.75, 3.05) is 7.11 Å². The van der Waals surface area contributed by atoms with Crippen molar-refractivity contribution >= 4 is 34.3 Å². The zero-order valence-electron chi connectivity index (χ0n) is 18.5. The summed E-state index contributed by atoms with van der Waals surface area (Å²) in [5, 5.41) is 12.6. The molecule has 1 atom stereocenters. The second kappa shape index (κ2) is 8.78. The largest absolute Gasteiger partial charge is 0.497 e. The number of carbonyl (C=O) groups excluding carboxylic acids is 3. The number of carbonyl (C=O) groups is 4. The number of ether oxygens (including phenoxy) is 1. The fourth-order valence-corrected chi connectivity index (χ4v) is 3.67. The average molecular weight is 450 g/mol. The molecule has 0 aliphatic heterocycles. The van der Waals surface area contributed by atoms with Crippen molar-refractivity contribution in [3.63, 3.8) is 0 Å².